The number of piperidine rings is 2. The fourth-order valence-corrected chi connectivity index (χ4v) is 4.49. The van der Waals surface area contributed by atoms with E-state index in [0.717, 1.165) is 36.4 Å². The summed E-state index contributed by atoms with van der Waals surface area (Å²) < 4.78 is 0. The monoisotopic (exact) mass is 383 g/mol. The summed E-state index contributed by atoms with van der Waals surface area (Å²) in [6.07, 6.45) is 2.35. The molecule has 28 heavy (non-hydrogen) atoms. The van der Waals surface area contributed by atoms with Gasteiger partial charge in [-0.1, -0.05) is 6.07 Å². The molecule has 1 N–H and O–H groups in total. The van der Waals surface area contributed by atoms with Crippen LogP contribution in [0.2, 0.25) is 0 Å². The predicted octanol–water partition coefficient (Wildman–Crippen LogP) is 1.68. The summed E-state index contributed by atoms with van der Waals surface area (Å²) in [7, 11) is 0. The number of nitrogens with one attached hydrogen (secondary N) is 1. The summed E-state index contributed by atoms with van der Waals surface area (Å²) in [6, 6.07) is 5.10. The standard InChI is InChI=1S/C21H25N3O4/c1-12(2)23-9-7-13(8-10-23)14-3-4-15-16(11-14)21(28)24(20(15)27)17-5-6-18(25)22-19(17)26/h3-4,11-13,17H,5-10H2,1-2H3,(H,22,25,26). The first-order valence-electron chi connectivity index (χ1n) is 9.96. The summed E-state index contributed by atoms with van der Waals surface area (Å²) in [5.74, 6) is -1.46. The lowest BCUT2D eigenvalue weighted by molar-refractivity contribution is -0.136. The molecule has 4 amide bonds. The van der Waals surface area contributed by atoms with Crippen molar-refractivity contribution in [3.05, 3.63) is 34.9 Å². The number of hydrogen-bond acceptors (Lipinski definition) is 5. The van der Waals surface area contributed by atoms with Crippen LogP contribution in [0.3, 0.4) is 0 Å². The van der Waals surface area contributed by atoms with Crippen LogP contribution in [0, 0.1) is 0 Å². The molecule has 0 aliphatic carbocycles. The summed E-state index contributed by atoms with van der Waals surface area (Å²) >= 11 is 0. The maximum Gasteiger partial charge on any atom is 0.262 e. The highest BCUT2D eigenvalue weighted by Crippen LogP contribution is 2.33. The van der Waals surface area contributed by atoms with Gasteiger partial charge in [-0.2, -0.15) is 0 Å². The number of carbonyl (C=O) groups is 4. The number of imide groups is 2. The van der Waals surface area contributed by atoms with Gasteiger partial charge >= 0.3 is 0 Å². The van der Waals surface area contributed by atoms with Gasteiger partial charge in [0.1, 0.15) is 6.04 Å². The molecule has 1 aromatic carbocycles. The lowest BCUT2D eigenvalue weighted by Gasteiger charge is -2.34. The van der Waals surface area contributed by atoms with E-state index in [1.807, 2.05) is 12.1 Å². The second-order valence-corrected chi connectivity index (χ2v) is 8.16. The molecular weight excluding hydrogens is 358 g/mol. The van der Waals surface area contributed by atoms with Gasteiger partial charge in [-0.05, 0) is 69.8 Å². The first kappa shape index (κ1) is 18.8. The Hall–Kier alpha value is -2.54. The average molecular weight is 383 g/mol. The molecule has 4 rings (SSSR count). The molecule has 0 aromatic heterocycles. The molecule has 0 spiro atoms. The molecular formula is C21H25N3O4. The number of amides is 4. The third kappa shape index (κ3) is 3.13. The zero-order valence-electron chi connectivity index (χ0n) is 16.2. The minimum Gasteiger partial charge on any atom is -0.301 e. The van der Waals surface area contributed by atoms with Crippen molar-refractivity contribution in [3.8, 4) is 0 Å². The first-order valence-corrected chi connectivity index (χ1v) is 9.96. The maximum absolute atomic E-state index is 12.9. The number of rotatable bonds is 3. The van der Waals surface area contributed by atoms with Gasteiger partial charge in [0.15, 0.2) is 0 Å². The van der Waals surface area contributed by atoms with Crippen LogP contribution < -0.4 is 5.32 Å². The largest absolute Gasteiger partial charge is 0.301 e. The van der Waals surface area contributed by atoms with Gasteiger partial charge in [-0.25, -0.2) is 0 Å². The molecule has 3 aliphatic rings. The van der Waals surface area contributed by atoms with E-state index in [2.05, 4.69) is 24.1 Å². The summed E-state index contributed by atoms with van der Waals surface area (Å²) in [4.78, 5) is 52.7. The summed E-state index contributed by atoms with van der Waals surface area (Å²) in [6.45, 7) is 6.44. The van der Waals surface area contributed by atoms with Gasteiger partial charge in [-0.15, -0.1) is 0 Å². The molecule has 3 heterocycles. The number of nitrogens with zero attached hydrogens (tertiary/aromatic N) is 2. The highest BCUT2D eigenvalue weighted by Gasteiger charge is 2.44. The molecule has 0 radical (unpaired) electrons. The number of fused-ring (bicyclic) bond motifs is 1. The van der Waals surface area contributed by atoms with Crippen molar-refractivity contribution in [1.29, 1.82) is 0 Å². The molecule has 1 unspecified atom stereocenters. The van der Waals surface area contributed by atoms with E-state index in [4.69, 9.17) is 0 Å². The Morgan fingerprint density at radius 3 is 2.29 bits per heavy atom. The van der Waals surface area contributed by atoms with Crippen molar-refractivity contribution in [2.24, 2.45) is 0 Å². The Kier molecular flexibility index (Phi) is 4.79. The average Bonchev–Trinajstić information content (AvgIpc) is 2.92. The van der Waals surface area contributed by atoms with E-state index in [1.165, 1.54) is 0 Å². The van der Waals surface area contributed by atoms with E-state index < -0.39 is 23.8 Å². The minimum atomic E-state index is -0.914. The predicted molar refractivity (Wildman–Crippen MR) is 102 cm³/mol. The number of hydrogen-bond donors (Lipinski definition) is 1. The van der Waals surface area contributed by atoms with Gasteiger partial charge < -0.3 is 4.90 Å². The van der Waals surface area contributed by atoms with Gasteiger partial charge in [0, 0.05) is 12.5 Å². The van der Waals surface area contributed by atoms with Crippen LogP contribution in [0.4, 0.5) is 0 Å². The third-order valence-corrected chi connectivity index (χ3v) is 6.20. The van der Waals surface area contributed by atoms with Crippen LogP contribution in [-0.4, -0.2) is 58.6 Å². The molecule has 2 fully saturated rings. The SMILES string of the molecule is CC(C)N1CCC(c2ccc3c(c2)C(=O)N(C2CCC(=O)NC2=O)C3=O)CC1. The van der Waals surface area contributed by atoms with Crippen molar-refractivity contribution in [1.82, 2.24) is 15.1 Å². The number of likely N-dealkylation sites (tertiary alicyclic amines) is 1. The van der Waals surface area contributed by atoms with Gasteiger partial charge in [-0.3, -0.25) is 29.4 Å². The number of benzene rings is 1. The second-order valence-electron chi connectivity index (χ2n) is 8.16. The molecule has 7 heteroatoms. The minimum absolute atomic E-state index is 0.128. The third-order valence-electron chi connectivity index (χ3n) is 6.20. The van der Waals surface area contributed by atoms with Crippen LogP contribution in [0.25, 0.3) is 0 Å². The Balaban J connectivity index is 1.55. The normalized spacial score (nSPS) is 24.1. The van der Waals surface area contributed by atoms with E-state index in [-0.39, 0.29) is 18.7 Å². The van der Waals surface area contributed by atoms with Crippen molar-refractivity contribution >= 4 is 23.6 Å². The van der Waals surface area contributed by atoms with E-state index in [9.17, 15) is 19.2 Å². The van der Waals surface area contributed by atoms with E-state index in [1.54, 1.807) is 6.07 Å². The Morgan fingerprint density at radius 2 is 1.64 bits per heavy atom. The Labute approximate surface area is 164 Å². The molecule has 0 saturated carbocycles. The van der Waals surface area contributed by atoms with Crippen LogP contribution in [0.15, 0.2) is 18.2 Å². The van der Waals surface area contributed by atoms with Crippen molar-refractivity contribution < 1.29 is 19.2 Å². The van der Waals surface area contributed by atoms with Gasteiger partial charge in [0.25, 0.3) is 11.8 Å². The summed E-state index contributed by atoms with van der Waals surface area (Å²) in [5, 5.41) is 2.22. The molecule has 0 bridgehead atoms. The van der Waals surface area contributed by atoms with Crippen LogP contribution in [0.1, 0.15) is 71.7 Å². The highest BCUT2D eigenvalue weighted by atomic mass is 16.2. The molecule has 1 atom stereocenters. The Morgan fingerprint density at radius 1 is 0.964 bits per heavy atom. The fourth-order valence-electron chi connectivity index (χ4n) is 4.49. The van der Waals surface area contributed by atoms with E-state index in [0.29, 0.717) is 23.1 Å². The fraction of sp³-hybridized carbons (Fsp3) is 0.524. The van der Waals surface area contributed by atoms with Gasteiger partial charge in [0.05, 0.1) is 11.1 Å². The van der Waals surface area contributed by atoms with Gasteiger partial charge in [0.2, 0.25) is 11.8 Å². The zero-order chi connectivity index (χ0) is 20.0. The second kappa shape index (κ2) is 7.13. The zero-order valence-corrected chi connectivity index (χ0v) is 16.2. The first-order chi connectivity index (χ1) is 13.4. The molecule has 148 valence electrons. The van der Waals surface area contributed by atoms with Crippen molar-refractivity contribution in [2.45, 2.75) is 57.5 Å². The summed E-state index contributed by atoms with van der Waals surface area (Å²) in [5.41, 5.74) is 1.80. The lowest BCUT2D eigenvalue weighted by atomic mass is 9.87. The van der Waals surface area contributed by atoms with E-state index >= 15 is 0 Å². The maximum atomic E-state index is 12.9. The van der Waals surface area contributed by atoms with Crippen molar-refractivity contribution in [3.63, 3.8) is 0 Å². The van der Waals surface area contributed by atoms with Crippen LogP contribution in [-0.2, 0) is 9.59 Å². The van der Waals surface area contributed by atoms with Crippen LogP contribution in [0.5, 0.6) is 0 Å². The smallest absolute Gasteiger partial charge is 0.262 e. The molecule has 3 aliphatic heterocycles. The molecule has 7 nitrogen and oxygen atoms in total. The highest BCUT2D eigenvalue weighted by molar-refractivity contribution is 6.23. The van der Waals surface area contributed by atoms with Crippen LogP contribution >= 0.6 is 0 Å². The number of carbonyl (C=O) groups excluding carboxylic acids is 4. The molecule has 1 aromatic rings. The topological polar surface area (TPSA) is 86.8 Å². The molecule has 2 saturated heterocycles. The van der Waals surface area contributed by atoms with Crippen molar-refractivity contribution in [2.75, 3.05) is 13.1 Å². The quantitative estimate of drug-likeness (QED) is 0.803. The lowest BCUT2D eigenvalue weighted by Crippen LogP contribution is -2.54. The Bertz CT molecular complexity index is 855.